The van der Waals surface area contributed by atoms with Crippen molar-refractivity contribution in [1.82, 2.24) is 14.8 Å². The van der Waals surface area contributed by atoms with Crippen LogP contribution in [0.3, 0.4) is 0 Å². The minimum absolute atomic E-state index is 0.0975. The molecule has 2 aromatic heterocycles. The van der Waals surface area contributed by atoms with Crippen LogP contribution >= 0.6 is 0 Å². The Labute approximate surface area is 187 Å². The number of ether oxygens (including phenoxy) is 1. The van der Waals surface area contributed by atoms with Crippen molar-refractivity contribution in [1.29, 1.82) is 0 Å². The molecule has 0 aliphatic rings. The number of pyridine rings is 1. The number of hydrogen-bond donors (Lipinski definition) is 1. The number of carbonyl (C=O) groups excluding carboxylic acids is 2. The third-order valence-corrected chi connectivity index (χ3v) is 4.65. The van der Waals surface area contributed by atoms with Gasteiger partial charge in [0.2, 0.25) is 0 Å². The predicted molar refractivity (Wildman–Crippen MR) is 117 cm³/mol. The minimum atomic E-state index is -0.962. The van der Waals surface area contributed by atoms with E-state index in [1.54, 1.807) is 61.7 Å². The lowest BCUT2D eigenvalue weighted by Gasteiger charge is -2.10. The molecule has 2 heterocycles. The van der Waals surface area contributed by atoms with E-state index in [0.29, 0.717) is 28.8 Å². The van der Waals surface area contributed by atoms with Gasteiger partial charge in [0.25, 0.3) is 5.91 Å². The molecule has 0 radical (unpaired) electrons. The fraction of sp³-hybridized carbons (Fsp3) is 0.0833. The highest BCUT2D eigenvalue weighted by molar-refractivity contribution is 6.04. The van der Waals surface area contributed by atoms with E-state index in [-0.39, 0.29) is 17.9 Å². The Morgan fingerprint density at radius 2 is 1.88 bits per heavy atom. The molecular formula is C24H18F2N4O3. The second-order valence-corrected chi connectivity index (χ2v) is 6.89. The summed E-state index contributed by atoms with van der Waals surface area (Å²) >= 11 is 0. The molecule has 0 saturated carbocycles. The van der Waals surface area contributed by atoms with Crippen molar-refractivity contribution >= 4 is 17.6 Å². The minimum Gasteiger partial charge on any atom is -0.461 e. The van der Waals surface area contributed by atoms with Crippen molar-refractivity contribution in [3.63, 3.8) is 0 Å². The van der Waals surface area contributed by atoms with Crippen LogP contribution in [0.4, 0.5) is 14.5 Å². The summed E-state index contributed by atoms with van der Waals surface area (Å²) in [6, 6.07) is 16.3. The average Bonchev–Trinajstić information content (AvgIpc) is 3.26. The third kappa shape index (κ3) is 4.77. The van der Waals surface area contributed by atoms with Crippen LogP contribution in [0.5, 0.6) is 0 Å². The number of hydrogen-bond acceptors (Lipinski definition) is 5. The summed E-state index contributed by atoms with van der Waals surface area (Å²) in [6.45, 7) is 1.90. The predicted octanol–water partition coefficient (Wildman–Crippen LogP) is 4.64. The number of halogens is 2. The Hall–Kier alpha value is -4.40. The largest absolute Gasteiger partial charge is 0.461 e. The summed E-state index contributed by atoms with van der Waals surface area (Å²) in [5, 5.41) is 6.94. The van der Waals surface area contributed by atoms with E-state index in [2.05, 4.69) is 15.4 Å². The van der Waals surface area contributed by atoms with E-state index in [4.69, 9.17) is 4.74 Å². The fourth-order valence-corrected chi connectivity index (χ4v) is 3.17. The number of benzene rings is 2. The summed E-state index contributed by atoms with van der Waals surface area (Å²) < 4.78 is 33.7. The van der Waals surface area contributed by atoms with Crippen LogP contribution in [0, 0.1) is 11.6 Å². The summed E-state index contributed by atoms with van der Waals surface area (Å²) in [4.78, 5) is 29.0. The van der Waals surface area contributed by atoms with Crippen molar-refractivity contribution in [2.45, 2.75) is 6.92 Å². The molecule has 0 atom stereocenters. The standard InChI is InChI=1S/C24H18F2N4O3/c1-2-33-24(32)20-14-21(30(29-20)22-8-3-4-11-27-22)15-6-5-7-17(12-15)28-23(31)18-10-9-16(25)13-19(18)26/h3-14H,2H2,1H3,(H,28,31). The van der Waals surface area contributed by atoms with Gasteiger partial charge in [0.15, 0.2) is 11.5 Å². The van der Waals surface area contributed by atoms with Gasteiger partial charge in [-0.3, -0.25) is 4.79 Å². The maximum absolute atomic E-state index is 14.0. The van der Waals surface area contributed by atoms with Crippen LogP contribution in [0.25, 0.3) is 17.1 Å². The Bertz CT molecular complexity index is 1320. The van der Waals surface area contributed by atoms with Crippen LogP contribution in [-0.4, -0.2) is 33.2 Å². The van der Waals surface area contributed by atoms with Crippen LogP contribution in [0.1, 0.15) is 27.8 Å². The van der Waals surface area contributed by atoms with Gasteiger partial charge in [-0.05, 0) is 49.4 Å². The molecule has 7 nitrogen and oxygen atoms in total. The van der Waals surface area contributed by atoms with Gasteiger partial charge in [0.1, 0.15) is 11.6 Å². The van der Waals surface area contributed by atoms with E-state index < -0.39 is 23.5 Å². The molecule has 33 heavy (non-hydrogen) atoms. The van der Waals surface area contributed by atoms with Gasteiger partial charge in [-0.25, -0.2) is 23.2 Å². The molecule has 4 rings (SSSR count). The van der Waals surface area contributed by atoms with Gasteiger partial charge in [-0.2, -0.15) is 5.10 Å². The lowest BCUT2D eigenvalue weighted by molar-refractivity contribution is 0.0518. The summed E-state index contributed by atoms with van der Waals surface area (Å²) in [7, 11) is 0. The van der Waals surface area contributed by atoms with E-state index in [9.17, 15) is 18.4 Å². The van der Waals surface area contributed by atoms with Gasteiger partial charge >= 0.3 is 5.97 Å². The lowest BCUT2D eigenvalue weighted by atomic mass is 10.1. The van der Waals surface area contributed by atoms with E-state index >= 15 is 0 Å². The Balaban J connectivity index is 1.70. The Kier molecular flexibility index (Phi) is 6.21. The van der Waals surface area contributed by atoms with Gasteiger partial charge < -0.3 is 10.1 Å². The number of aromatic nitrogens is 3. The molecule has 166 valence electrons. The first-order valence-electron chi connectivity index (χ1n) is 10.0. The van der Waals surface area contributed by atoms with Crippen molar-refractivity contribution in [2.24, 2.45) is 0 Å². The van der Waals surface area contributed by atoms with Crippen LogP contribution in [0.15, 0.2) is 72.9 Å². The highest BCUT2D eigenvalue weighted by Gasteiger charge is 2.19. The smallest absolute Gasteiger partial charge is 0.358 e. The van der Waals surface area contributed by atoms with Crippen LogP contribution < -0.4 is 5.32 Å². The summed E-state index contributed by atoms with van der Waals surface area (Å²) in [5.41, 5.74) is 1.32. The number of nitrogens with zero attached hydrogens (tertiary/aromatic N) is 3. The molecule has 9 heteroatoms. The first kappa shape index (κ1) is 21.8. The van der Waals surface area contributed by atoms with Crippen LogP contribution in [-0.2, 0) is 4.74 Å². The van der Waals surface area contributed by atoms with E-state index in [1.165, 1.54) is 4.68 Å². The number of rotatable bonds is 6. The molecule has 0 aliphatic carbocycles. The number of carbonyl (C=O) groups is 2. The second kappa shape index (κ2) is 9.39. The summed E-state index contributed by atoms with van der Waals surface area (Å²) in [6.07, 6.45) is 1.60. The summed E-state index contributed by atoms with van der Waals surface area (Å²) in [5.74, 6) is -2.56. The molecule has 0 aliphatic heterocycles. The normalized spacial score (nSPS) is 10.6. The first-order valence-corrected chi connectivity index (χ1v) is 10.0. The molecule has 0 fully saturated rings. The first-order chi connectivity index (χ1) is 16.0. The fourth-order valence-electron chi connectivity index (χ4n) is 3.17. The Morgan fingerprint density at radius 1 is 1.03 bits per heavy atom. The molecule has 0 saturated heterocycles. The van der Waals surface area contributed by atoms with Gasteiger partial charge in [-0.1, -0.05) is 18.2 Å². The van der Waals surface area contributed by atoms with Gasteiger partial charge in [-0.15, -0.1) is 0 Å². The molecule has 2 aromatic carbocycles. The Morgan fingerprint density at radius 3 is 2.61 bits per heavy atom. The average molecular weight is 448 g/mol. The molecule has 4 aromatic rings. The number of anilines is 1. The zero-order valence-electron chi connectivity index (χ0n) is 17.5. The quantitative estimate of drug-likeness (QED) is 0.434. The number of nitrogens with one attached hydrogen (secondary N) is 1. The lowest BCUT2D eigenvalue weighted by Crippen LogP contribution is -2.14. The third-order valence-electron chi connectivity index (χ3n) is 4.65. The molecule has 0 unspecified atom stereocenters. The molecule has 1 amide bonds. The zero-order valence-corrected chi connectivity index (χ0v) is 17.5. The van der Waals surface area contributed by atoms with Gasteiger partial charge in [0, 0.05) is 23.5 Å². The number of esters is 1. The van der Waals surface area contributed by atoms with Crippen molar-refractivity contribution in [3.8, 4) is 17.1 Å². The number of amides is 1. The molecular weight excluding hydrogens is 430 g/mol. The highest BCUT2D eigenvalue weighted by Crippen LogP contribution is 2.26. The zero-order chi connectivity index (χ0) is 23.4. The molecule has 0 bridgehead atoms. The molecule has 1 N–H and O–H groups in total. The van der Waals surface area contributed by atoms with Gasteiger partial charge in [0.05, 0.1) is 17.9 Å². The topological polar surface area (TPSA) is 86.1 Å². The maximum atomic E-state index is 14.0. The van der Waals surface area contributed by atoms with Crippen LogP contribution in [0.2, 0.25) is 0 Å². The highest BCUT2D eigenvalue weighted by atomic mass is 19.1. The van der Waals surface area contributed by atoms with E-state index in [0.717, 1.165) is 12.1 Å². The van der Waals surface area contributed by atoms with Crippen molar-refractivity contribution < 1.29 is 23.1 Å². The van der Waals surface area contributed by atoms with Crippen molar-refractivity contribution in [2.75, 3.05) is 11.9 Å². The molecule has 0 spiro atoms. The SMILES string of the molecule is CCOC(=O)c1cc(-c2cccc(NC(=O)c3ccc(F)cc3F)c2)n(-c2ccccn2)n1. The second-order valence-electron chi connectivity index (χ2n) is 6.89. The maximum Gasteiger partial charge on any atom is 0.358 e. The van der Waals surface area contributed by atoms with E-state index in [1.807, 2.05) is 0 Å². The monoisotopic (exact) mass is 448 g/mol. The van der Waals surface area contributed by atoms with Crippen molar-refractivity contribution in [3.05, 3.63) is 95.8 Å².